The molecule has 1 aliphatic heterocycles. The Morgan fingerprint density at radius 1 is 1.04 bits per heavy atom. The van der Waals surface area contributed by atoms with Gasteiger partial charge in [0.1, 0.15) is 5.75 Å². The van der Waals surface area contributed by atoms with Crippen molar-refractivity contribution in [1.29, 1.82) is 0 Å². The van der Waals surface area contributed by atoms with Gasteiger partial charge in [0.15, 0.2) is 0 Å². The summed E-state index contributed by atoms with van der Waals surface area (Å²) in [5.74, 6) is 1.88. The van der Waals surface area contributed by atoms with E-state index >= 15 is 0 Å². The zero-order valence-corrected chi connectivity index (χ0v) is 15.8. The third-order valence-corrected chi connectivity index (χ3v) is 5.70. The summed E-state index contributed by atoms with van der Waals surface area (Å²) in [7, 11) is 0. The van der Waals surface area contributed by atoms with Crippen molar-refractivity contribution >= 4 is 0 Å². The van der Waals surface area contributed by atoms with Crippen LogP contribution >= 0.6 is 0 Å². The zero-order valence-electron chi connectivity index (χ0n) is 15.8. The first kappa shape index (κ1) is 19.3. The molecule has 0 radical (unpaired) electrons. The maximum absolute atomic E-state index is 12.3. The Kier molecular flexibility index (Phi) is 5.34. The zero-order chi connectivity index (χ0) is 19.7. The van der Waals surface area contributed by atoms with Crippen LogP contribution in [-0.2, 0) is 13.1 Å². The standard InChI is InChI=1S/C22H24F3N2O/c1-15-4-2-6-17(8-15)12-27-13-20-19(21(20)14-27)11-26-10-16-5-3-7-18(9-16)28-22(23,24)25/h2-9,19-21H,10-14H2,1H3/q-1. The summed E-state index contributed by atoms with van der Waals surface area (Å²) in [5, 5.41) is 4.59. The van der Waals surface area contributed by atoms with Crippen molar-refractivity contribution in [3.63, 3.8) is 0 Å². The quantitative estimate of drug-likeness (QED) is 0.655. The fourth-order valence-electron chi connectivity index (χ4n) is 4.39. The van der Waals surface area contributed by atoms with Gasteiger partial charge in [-0.15, -0.1) is 26.3 Å². The van der Waals surface area contributed by atoms with Crippen LogP contribution in [0.4, 0.5) is 13.2 Å². The molecular formula is C22H24F3N2O-. The van der Waals surface area contributed by atoms with Gasteiger partial charge in [0.25, 0.3) is 0 Å². The number of nitrogens with zero attached hydrogens (tertiary/aromatic N) is 2. The summed E-state index contributed by atoms with van der Waals surface area (Å²) >= 11 is 0. The average molecular weight is 389 g/mol. The Bertz CT molecular complexity index is 811. The third-order valence-electron chi connectivity index (χ3n) is 5.70. The molecule has 4 rings (SSSR count). The summed E-state index contributed by atoms with van der Waals surface area (Å²) in [6, 6.07) is 14.7. The molecule has 6 heteroatoms. The minimum atomic E-state index is -4.66. The Morgan fingerprint density at radius 2 is 1.75 bits per heavy atom. The summed E-state index contributed by atoms with van der Waals surface area (Å²) in [6.07, 6.45) is -4.66. The molecule has 0 amide bonds. The van der Waals surface area contributed by atoms with Crippen molar-refractivity contribution in [2.45, 2.75) is 26.4 Å². The number of hydrogen-bond donors (Lipinski definition) is 0. The van der Waals surface area contributed by atoms with Crippen LogP contribution in [0.1, 0.15) is 16.7 Å². The van der Waals surface area contributed by atoms with Crippen molar-refractivity contribution in [3.8, 4) is 5.75 Å². The number of hydrogen-bond acceptors (Lipinski definition) is 2. The molecule has 2 aromatic rings. The van der Waals surface area contributed by atoms with Gasteiger partial charge in [-0.05, 0) is 36.5 Å². The van der Waals surface area contributed by atoms with E-state index in [-0.39, 0.29) is 5.75 Å². The number of benzene rings is 2. The Morgan fingerprint density at radius 3 is 2.46 bits per heavy atom. The highest BCUT2D eigenvalue weighted by Crippen LogP contribution is 2.52. The fourth-order valence-corrected chi connectivity index (χ4v) is 4.39. The predicted octanol–water partition coefficient (Wildman–Crippen LogP) is 5.15. The molecule has 0 N–H and O–H groups in total. The first-order chi connectivity index (χ1) is 13.4. The van der Waals surface area contributed by atoms with Crippen LogP contribution in [0.3, 0.4) is 0 Å². The van der Waals surface area contributed by atoms with Gasteiger partial charge < -0.3 is 10.1 Å². The lowest BCUT2D eigenvalue weighted by atomic mass is 10.1. The van der Waals surface area contributed by atoms with E-state index in [2.05, 4.69) is 46.1 Å². The number of halogens is 3. The number of rotatable bonds is 7. The molecule has 0 aromatic heterocycles. The van der Waals surface area contributed by atoms with Crippen LogP contribution in [0, 0.1) is 24.7 Å². The fraction of sp³-hybridized carbons (Fsp3) is 0.455. The summed E-state index contributed by atoms with van der Waals surface area (Å²) in [4.78, 5) is 2.51. The largest absolute Gasteiger partial charge is 0.658 e. The second-order valence-electron chi connectivity index (χ2n) is 7.93. The van der Waals surface area contributed by atoms with E-state index in [1.165, 1.54) is 23.3 Å². The van der Waals surface area contributed by atoms with Crippen molar-refractivity contribution in [2.75, 3.05) is 19.6 Å². The van der Waals surface area contributed by atoms with E-state index in [9.17, 15) is 13.2 Å². The third kappa shape index (κ3) is 4.86. The highest BCUT2D eigenvalue weighted by Gasteiger charge is 2.52. The number of fused-ring (bicyclic) bond motifs is 1. The number of piperidine rings is 1. The number of aryl methyl sites for hydroxylation is 1. The topological polar surface area (TPSA) is 26.6 Å². The molecule has 1 aliphatic carbocycles. The molecule has 28 heavy (non-hydrogen) atoms. The van der Waals surface area contributed by atoms with Gasteiger partial charge in [-0.25, -0.2) is 0 Å². The SMILES string of the molecule is Cc1cccc(CN2CC3C(C[N-]Cc4cccc(OC(F)(F)F)c4)C3C2)c1. The number of likely N-dealkylation sites (tertiary alicyclic amines) is 1. The van der Waals surface area contributed by atoms with Crippen LogP contribution in [0.2, 0.25) is 0 Å². The van der Waals surface area contributed by atoms with Crippen LogP contribution in [0.5, 0.6) is 5.75 Å². The molecule has 1 saturated heterocycles. The Balaban J connectivity index is 1.19. The normalized spacial score (nSPS) is 24.2. The first-order valence-electron chi connectivity index (χ1n) is 9.63. The summed E-state index contributed by atoms with van der Waals surface area (Å²) in [6.45, 7) is 6.58. The number of alkyl halides is 3. The molecule has 2 aliphatic rings. The molecule has 1 saturated carbocycles. The van der Waals surface area contributed by atoms with Gasteiger partial charge in [-0.3, -0.25) is 4.90 Å². The second kappa shape index (κ2) is 7.76. The summed E-state index contributed by atoms with van der Waals surface area (Å²) < 4.78 is 40.9. The van der Waals surface area contributed by atoms with Crippen molar-refractivity contribution in [2.24, 2.45) is 17.8 Å². The maximum atomic E-state index is 12.3. The van der Waals surface area contributed by atoms with E-state index in [1.54, 1.807) is 12.1 Å². The van der Waals surface area contributed by atoms with Crippen molar-refractivity contribution in [1.82, 2.24) is 4.90 Å². The van der Waals surface area contributed by atoms with Crippen LogP contribution < -0.4 is 4.74 Å². The second-order valence-corrected chi connectivity index (χ2v) is 7.93. The van der Waals surface area contributed by atoms with Crippen molar-refractivity contribution in [3.05, 3.63) is 70.5 Å². The van der Waals surface area contributed by atoms with Crippen LogP contribution in [0.15, 0.2) is 48.5 Å². The monoisotopic (exact) mass is 389 g/mol. The molecule has 150 valence electrons. The van der Waals surface area contributed by atoms with E-state index in [0.717, 1.165) is 31.7 Å². The summed E-state index contributed by atoms with van der Waals surface area (Å²) in [5.41, 5.74) is 3.40. The molecular weight excluding hydrogens is 365 g/mol. The number of ether oxygens (including phenoxy) is 1. The van der Waals surface area contributed by atoms with Crippen molar-refractivity contribution < 1.29 is 17.9 Å². The molecule has 1 heterocycles. The lowest BCUT2D eigenvalue weighted by Crippen LogP contribution is -2.24. The van der Waals surface area contributed by atoms with Gasteiger partial charge in [0.2, 0.25) is 0 Å². The minimum absolute atomic E-state index is 0.185. The van der Waals surface area contributed by atoms with Crippen LogP contribution in [-0.4, -0.2) is 30.9 Å². The molecule has 2 aromatic carbocycles. The van der Waals surface area contributed by atoms with E-state index < -0.39 is 6.36 Å². The molecule has 2 fully saturated rings. The highest BCUT2D eigenvalue weighted by atomic mass is 19.4. The predicted molar refractivity (Wildman–Crippen MR) is 102 cm³/mol. The maximum Gasteiger partial charge on any atom is 0.573 e. The smallest absolute Gasteiger partial charge is 0.573 e. The average Bonchev–Trinajstić information content (AvgIpc) is 3.06. The molecule has 2 atom stereocenters. The van der Waals surface area contributed by atoms with E-state index in [4.69, 9.17) is 0 Å². The van der Waals surface area contributed by atoms with Gasteiger partial charge in [0.05, 0.1) is 0 Å². The van der Waals surface area contributed by atoms with Gasteiger partial charge in [-0.2, -0.15) is 0 Å². The molecule has 0 spiro atoms. The van der Waals surface area contributed by atoms with Gasteiger partial charge in [0, 0.05) is 19.6 Å². The molecule has 3 nitrogen and oxygen atoms in total. The molecule has 0 bridgehead atoms. The Hall–Kier alpha value is -2.05. The van der Waals surface area contributed by atoms with E-state index in [1.807, 2.05) is 0 Å². The lowest BCUT2D eigenvalue weighted by molar-refractivity contribution is -0.274. The minimum Gasteiger partial charge on any atom is -0.658 e. The van der Waals surface area contributed by atoms with Crippen LogP contribution in [0.25, 0.3) is 5.32 Å². The van der Waals surface area contributed by atoms with Gasteiger partial charge >= 0.3 is 6.36 Å². The van der Waals surface area contributed by atoms with Gasteiger partial charge in [-0.1, -0.05) is 53.4 Å². The lowest BCUT2D eigenvalue weighted by Gasteiger charge is -2.24. The first-order valence-corrected chi connectivity index (χ1v) is 9.63. The Labute approximate surface area is 163 Å². The van der Waals surface area contributed by atoms with E-state index in [0.29, 0.717) is 24.3 Å². The highest BCUT2D eigenvalue weighted by molar-refractivity contribution is 5.30. The molecule has 2 unspecified atom stereocenters.